The fourth-order valence-electron chi connectivity index (χ4n) is 1.34. The summed E-state index contributed by atoms with van der Waals surface area (Å²) in [6, 6.07) is 2.66. The Hall–Kier alpha value is 0.441. The fourth-order valence-corrected chi connectivity index (χ4v) is 1.34. The molecule has 0 bridgehead atoms. The minimum atomic E-state index is -5.31. The average Bonchev–Trinajstić information content (AvgIpc) is 2.13. The average molecular weight is 302 g/mol. The zero-order valence-electron chi connectivity index (χ0n) is 11.6. The van der Waals surface area contributed by atoms with Crippen LogP contribution >= 0.6 is 0 Å². The predicted octanol–water partition coefficient (Wildman–Crippen LogP) is 0.699. The molecule has 0 fully saturated rings. The van der Waals surface area contributed by atoms with E-state index in [-0.39, 0.29) is 62.5 Å². The van der Waals surface area contributed by atoms with E-state index in [1.54, 1.807) is 0 Å². The van der Waals surface area contributed by atoms with E-state index in [2.05, 4.69) is 0 Å². The molecule has 7 heteroatoms. The number of hydrogen-bond donors (Lipinski definition) is 0. The van der Waals surface area contributed by atoms with Crippen LogP contribution in [0.5, 0.6) is 5.75 Å². The number of benzene rings is 1. The predicted molar refractivity (Wildman–Crippen MR) is 64.7 cm³/mol. The molecule has 0 unspecified atom stereocenters. The Kier molecular flexibility index (Phi) is 7.62. The van der Waals surface area contributed by atoms with Crippen LogP contribution in [0.3, 0.4) is 0 Å². The third kappa shape index (κ3) is 7.13. The van der Waals surface area contributed by atoms with Gasteiger partial charge in [-0.05, 0) is 17.9 Å². The molecule has 0 atom stereocenters. The van der Waals surface area contributed by atoms with Gasteiger partial charge in [0.1, 0.15) is 5.75 Å². The molecule has 1 nitrogen and oxygen atoms in total. The van der Waals surface area contributed by atoms with E-state index in [1.165, 1.54) is 0 Å². The molecular weight excluding hydrogens is 286 g/mol. The van der Waals surface area contributed by atoms with Gasteiger partial charge in [-0.1, -0.05) is 32.3 Å². The summed E-state index contributed by atoms with van der Waals surface area (Å²) in [5.74, 6) is -1.16. The van der Waals surface area contributed by atoms with E-state index in [1.807, 2.05) is 20.8 Å². The van der Waals surface area contributed by atoms with Crippen molar-refractivity contribution in [3.05, 3.63) is 24.0 Å². The first-order chi connectivity index (χ1) is 8.09. The van der Waals surface area contributed by atoms with Crippen LogP contribution in [0.2, 0.25) is 0 Å². The molecule has 0 saturated heterocycles. The minimum Gasteiger partial charge on any atom is -0.493 e. The van der Waals surface area contributed by atoms with Crippen molar-refractivity contribution >= 4 is 12.4 Å². The van der Waals surface area contributed by atoms with Crippen molar-refractivity contribution in [1.29, 1.82) is 0 Å². The summed E-state index contributed by atoms with van der Waals surface area (Å²) in [7, 11) is 0. The van der Waals surface area contributed by atoms with Crippen molar-refractivity contribution in [3.8, 4) is 5.75 Å². The molecule has 0 aliphatic heterocycles. The Labute approximate surface area is 153 Å². The van der Waals surface area contributed by atoms with Gasteiger partial charge in [-0.3, -0.25) is 0 Å². The molecular formula is C12H16BF4KO. The molecule has 0 aromatic heterocycles. The second kappa shape index (κ2) is 7.45. The van der Waals surface area contributed by atoms with Crippen molar-refractivity contribution in [2.45, 2.75) is 27.2 Å². The quantitative estimate of drug-likeness (QED) is 0.588. The van der Waals surface area contributed by atoms with Gasteiger partial charge < -0.3 is 17.7 Å². The van der Waals surface area contributed by atoms with Crippen LogP contribution in [-0.4, -0.2) is 13.6 Å². The number of rotatable bonds is 4. The van der Waals surface area contributed by atoms with Crippen molar-refractivity contribution in [3.63, 3.8) is 0 Å². The van der Waals surface area contributed by atoms with Gasteiger partial charge in [-0.15, -0.1) is 0 Å². The Bertz CT molecular complexity index is 415. The summed E-state index contributed by atoms with van der Waals surface area (Å²) in [5.41, 5.74) is -1.15. The fraction of sp³-hybridized carbons (Fsp3) is 0.500. The zero-order chi connectivity index (χ0) is 14.0. The van der Waals surface area contributed by atoms with Crippen molar-refractivity contribution in [1.82, 2.24) is 0 Å². The van der Waals surface area contributed by atoms with E-state index < -0.39 is 18.3 Å². The summed E-state index contributed by atoms with van der Waals surface area (Å²) in [6.07, 6.45) is 0.736. The van der Waals surface area contributed by atoms with Crippen LogP contribution in [0.25, 0.3) is 0 Å². The molecule has 102 valence electrons. The van der Waals surface area contributed by atoms with E-state index in [4.69, 9.17) is 4.74 Å². The third-order valence-corrected chi connectivity index (χ3v) is 2.45. The molecule has 1 aromatic rings. The van der Waals surface area contributed by atoms with Crippen LogP contribution in [0.4, 0.5) is 17.3 Å². The van der Waals surface area contributed by atoms with Crippen LogP contribution in [0.1, 0.15) is 27.2 Å². The first-order valence-corrected chi connectivity index (χ1v) is 5.72. The normalized spacial score (nSPS) is 11.9. The smallest absolute Gasteiger partial charge is 0.493 e. The molecule has 0 radical (unpaired) electrons. The number of hydrogen-bond acceptors (Lipinski definition) is 1. The van der Waals surface area contributed by atoms with Crippen LogP contribution in [0, 0.1) is 11.2 Å². The summed E-state index contributed by atoms with van der Waals surface area (Å²) in [6.45, 7) is 1.10. The summed E-state index contributed by atoms with van der Waals surface area (Å²) < 4.78 is 55.6. The van der Waals surface area contributed by atoms with Gasteiger partial charge in [0.25, 0.3) is 0 Å². The molecule has 0 aliphatic rings. The van der Waals surface area contributed by atoms with E-state index in [9.17, 15) is 17.3 Å². The molecule has 0 spiro atoms. The van der Waals surface area contributed by atoms with Crippen LogP contribution in [0.15, 0.2) is 18.2 Å². The number of halogens is 4. The van der Waals surface area contributed by atoms with Crippen molar-refractivity contribution in [2.24, 2.45) is 5.41 Å². The molecule has 0 saturated carbocycles. The van der Waals surface area contributed by atoms with Gasteiger partial charge in [-0.25, -0.2) is 4.39 Å². The van der Waals surface area contributed by atoms with Crippen LogP contribution < -0.4 is 61.6 Å². The van der Waals surface area contributed by atoms with Gasteiger partial charge in [0.05, 0.1) is 12.4 Å². The molecule has 19 heavy (non-hydrogen) atoms. The van der Waals surface area contributed by atoms with Gasteiger partial charge in [-0.2, -0.15) is 0 Å². The maximum Gasteiger partial charge on any atom is 1.00 e. The SMILES string of the molecule is CC(C)(C)CCOc1ccc([B-](F)(F)F)c(F)c1.[K+]. The Morgan fingerprint density at radius 1 is 1.16 bits per heavy atom. The van der Waals surface area contributed by atoms with Gasteiger partial charge >= 0.3 is 58.4 Å². The van der Waals surface area contributed by atoms with E-state index >= 15 is 0 Å². The maximum atomic E-state index is 13.2. The molecule has 1 aromatic carbocycles. The Morgan fingerprint density at radius 2 is 1.74 bits per heavy atom. The third-order valence-electron chi connectivity index (χ3n) is 2.45. The first kappa shape index (κ1) is 19.4. The molecule has 0 aliphatic carbocycles. The Balaban J connectivity index is 0.00000324. The first-order valence-electron chi connectivity index (χ1n) is 5.72. The standard InChI is InChI=1S/C12H16BF4O.K/c1-12(2,3)6-7-18-9-4-5-10(11(14)8-9)13(15,16)17;/h4-5,8H,6-7H2,1-3H3;/q-1;+1. The number of ether oxygens (including phenoxy) is 1. The molecule has 1 rings (SSSR count). The summed E-state index contributed by atoms with van der Waals surface area (Å²) in [4.78, 5) is 0. The largest absolute Gasteiger partial charge is 1.00 e. The molecule has 0 heterocycles. The minimum absolute atomic E-state index is 0. The summed E-state index contributed by atoms with van der Waals surface area (Å²) >= 11 is 0. The second-order valence-electron chi connectivity index (χ2n) is 5.42. The monoisotopic (exact) mass is 302 g/mol. The van der Waals surface area contributed by atoms with Gasteiger partial charge in [0.2, 0.25) is 0 Å². The van der Waals surface area contributed by atoms with Crippen molar-refractivity contribution in [2.75, 3.05) is 6.61 Å². The van der Waals surface area contributed by atoms with Crippen molar-refractivity contribution < 1.29 is 73.5 Å². The van der Waals surface area contributed by atoms with Gasteiger partial charge in [0.15, 0.2) is 0 Å². The van der Waals surface area contributed by atoms with Crippen LogP contribution in [-0.2, 0) is 0 Å². The summed E-state index contributed by atoms with van der Waals surface area (Å²) in [5, 5.41) is 0. The second-order valence-corrected chi connectivity index (χ2v) is 5.42. The van der Waals surface area contributed by atoms with E-state index in [0.29, 0.717) is 6.61 Å². The zero-order valence-corrected chi connectivity index (χ0v) is 14.8. The van der Waals surface area contributed by atoms with Gasteiger partial charge in [0, 0.05) is 6.07 Å². The maximum absolute atomic E-state index is 13.2. The molecule has 0 amide bonds. The topological polar surface area (TPSA) is 9.23 Å². The Morgan fingerprint density at radius 3 is 2.16 bits per heavy atom. The van der Waals surface area contributed by atoms with E-state index in [0.717, 1.165) is 24.6 Å². The molecule has 0 N–H and O–H groups in total.